The van der Waals surface area contributed by atoms with E-state index in [1.807, 2.05) is 0 Å². The van der Waals surface area contributed by atoms with Crippen molar-refractivity contribution in [1.82, 2.24) is 0 Å². The second-order valence-corrected chi connectivity index (χ2v) is 7.16. The number of rotatable bonds is 7. The first-order valence-corrected chi connectivity index (χ1v) is 9.43. The summed E-state index contributed by atoms with van der Waals surface area (Å²) in [5, 5.41) is 12.0. The maximum absolute atomic E-state index is 12.6. The molecule has 0 saturated heterocycles. The molecule has 0 aromatic heterocycles. The van der Waals surface area contributed by atoms with Crippen LogP contribution < -0.4 is 10.1 Å². The van der Waals surface area contributed by atoms with E-state index in [-0.39, 0.29) is 11.5 Å². The molecule has 0 radical (unpaired) electrons. The van der Waals surface area contributed by atoms with Crippen molar-refractivity contribution in [3.63, 3.8) is 0 Å². The lowest BCUT2D eigenvalue weighted by molar-refractivity contribution is 0.0526. The molecule has 0 saturated carbocycles. The summed E-state index contributed by atoms with van der Waals surface area (Å²) in [4.78, 5) is 11.3. The quantitative estimate of drug-likeness (QED) is 0.575. The Morgan fingerprint density at radius 3 is 2.52 bits per heavy atom. The highest BCUT2D eigenvalue weighted by atomic mass is 32.2. The van der Waals surface area contributed by atoms with Crippen LogP contribution in [0, 0.1) is 11.3 Å². The van der Waals surface area contributed by atoms with Gasteiger partial charge in [0.25, 0.3) is 0 Å². The molecular formula is C19H18N2O5S. The standard InChI is InChI=1S/C19H18N2O5S/c1-3-26-19(22)14-5-4-6-15(11-14)21-13-18(12-20)27(23,24)17-9-7-16(25-2)8-10-17/h4-11,13,21H,3H2,1-2H3. The number of anilines is 1. The number of allylic oxidation sites excluding steroid dienone is 1. The third kappa shape index (κ3) is 4.86. The van der Waals surface area contributed by atoms with Crippen LogP contribution in [0.1, 0.15) is 17.3 Å². The first-order valence-electron chi connectivity index (χ1n) is 7.95. The Labute approximate surface area is 157 Å². The van der Waals surface area contributed by atoms with Crippen LogP contribution in [-0.4, -0.2) is 28.1 Å². The molecule has 7 nitrogen and oxygen atoms in total. The van der Waals surface area contributed by atoms with Gasteiger partial charge in [-0.2, -0.15) is 5.26 Å². The molecule has 0 aliphatic heterocycles. The van der Waals surface area contributed by atoms with Gasteiger partial charge in [-0.05, 0) is 49.4 Å². The molecule has 8 heteroatoms. The summed E-state index contributed by atoms with van der Waals surface area (Å²) in [5.74, 6) is 0.0156. The van der Waals surface area contributed by atoms with Crippen molar-refractivity contribution in [1.29, 1.82) is 5.26 Å². The van der Waals surface area contributed by atoms with Crippen LogP contribution in [0.25, 0.3) is 0 Å². The van der Waals surface area contributed by atoms with E-state index in [4.69, 9.17) is 9.47 Å². The molecule has 0 aliphatic rings. The lowest BCUT2D eigenvalue weighted by Crippen LogP contribution is -2.07. The highest BCUT2D eigenvalue weighted by molar-refractivity contribution is 7.95. The van der Waals surface area contributed by atoms with Crippen molar-refractivity contribution in [2.45, 2.75) is 11.8 Å². The Bertz CT molecular complexity index is 990. The molecule has 0 unspecified atom stereocenters. The van der Waals surface area contributed by atoms with E-state index in [1.54, 1.807) is 31.2 Å². The van der Waals surface area contributed by atoms with Crippen LogP contribution in [0.5, 0.6) is 5.75 Å². The summed E-state index contributed by atoms with van der Waals surface area (Å²) in [7, 11) is -2.52. The molecule has 0 spiro atoms. The smallest absolute Gasteiger partial charge is 0.338 e. The van der Waals surface area contributed by atoms with Crippen LogP contribution in [0.3, 0.4) is 0 Å². The molecule has 140 valence electrons. The Morgan fingerprint density at radius 2 is 1.93 bits per heavy atom. The number of nitrogens with one attached hydrogen (secondary N) is 1. The zero-order chi connectivity index (χ0) is 19.9. The second-order valence-electron chi connectivity index (χ2n) is 5.24. The van der Waals surface area contributed by atoms with Gasteiger partial charge in [-0.1, -0.05) is 6.07 Å². The number of hydrogen-bond acceptors (Lipinski definition) is 7. The van der Waals surface area contributed by atoms with E-state index in [2.05, 4.69) is 5.32 Å². The number of carbonyl (C=O) groups excluding carboxylic acids is 1. The van der Waals surface area contributed by atoms with E-state index in [1.165, 1.54) is 37.4 Å². The normalized spacial score (nSPS) is 11.4. The van der Waals surface area contributed by atoms with Gasteiger partial charge in [-0.25, -0.2) is 13.2 Å². The SMILES string of the molecule is CCOC(=O)c1cccc(NC=C(C#N)S(=O)(=O)c2ccc(OC)cc2)c1. The summed E-state index contributed by atoms with van der Waals surface area (Å²) < 4.78 is 35.1. The maximum Gasteiger partial charge on any atom is 0.338 e. The average Bonchev–Trinajstić information content (AvgIpc) is 2.68. The molecule has 0 bridgehead atoms. The predicted octanol–water partition coefficient (Wildman–Crippen LogP) is 3.12. The van der Waals surface area contributed by atoms with Gasteiger partial charge in [0.15, 0.2) is 4.91 Å². The lowest BCUT2D eigenvalue weighted by atomic mass is 10.2. The lowest BCUT2D eigenvalue weighted by Gasteiger charge is -2.07. The number of hydrogen-bond donors (Lipinski definition) is 1. The van der Waals surface area contributed by atoms with E-state index >= 15 is 0 Å². The van der Waals surface area contributed by atoms with Crippen LogP contribution >= 0.6 is 0 Å². The number of sulfone groups is 1. The predicted molar refractivity (Wildman–Crippen MR) is 99.9 cm³/mol. The fraction of sp³-hybridized carbons (Fsp3) is 0.158. The maximum atomic E-state index is 12.6. The highest BCUT2D eigenvalue weighted by Gasteiger charge is 2.21. The zero-order valence-electron chi connectivity index (χ0n) is 14.8. The number of benzene rings is 2. The summed E-state index contributed by atoms with van der Waals surface area (Å²) >= 11 is 0. The van der Waals surface area contributed by atoms with Crippen molar-refractivity contribution in [3.05, 3.63) is 65.2 Å². The van der Waals surface area contributed by atoms with Crippen molar-refractivity contribution in [3.8, 4) is 11.8 Å². The first kappa shape index (κ1) is 20.0. The minimum absolute atomic E-state index is 0.0295. The molecule has 2 aromatic rings. The number of ether oxygens (including phenoxy) is 2. The van der Waals surface area contributed by atoms with Crippen molar-refractivity contribution >= 4 is 21.5 Å². The van der Waals surface area contributed by atoms with Crippen molar-refractivity contribution in [2.24, 2.45) is 0 Å². The van der Waals surface area contributed by atoms with Gasteiger partial charge in [0.05, 0.1) is 24.2 Å². The molecule has 0 aliphatic carbocycles. The number of esters is 1. The Balaban J connectivity index is 2.27. The van der Waals surface area contributed by atoms with Crippen molar-refractivity contribution < 1.29 is 22.7 Å². The highest BCUT2D eigenvalue weighted by Crippen LogP contribution is 2.22. The number of carbonyl (C=O) groups is 1. The average molecular weight is 386 g/mol. The second kappa shape index (κ2) is 8.87. The van der Waals surface area contributed by atoms with E-state index < -0.39 is 20.7 Å². The molecule has 0 heterocycles. The van der Waals surface area contributed by atoms with Crippen LogP contribution in [0.4, 0.5) is 5.69 Å². The van der Waals surface area contributed by atoms with Crippen LogP contribution in [0.15, 0.2) is 64.5 Å². The Morgan fingerprint density at radius 1 is 1.22 bits per heavy atom. The molecule has 2 aromatic carbocycles. The molecule has 1 N–H and O–H groups in total. The monoisotopic (exact) mass is 386 g/mol. The fourth-order valence-corrected chi connectivity index (χ4v) is 3.23. The summed E-state index contributed by atoms with van der Waals surface area (Å²) in [6, 6.07) is 13.7. The van der Waals surface area contributed by atoms with Gasteiger partial charge in [0, 0.05) is 11.9 Å². The minimum atomic E-state index is -3.99. The molecule has 0 atom stereocenters. The van der Waals surface area contributed by atoms with Gasteiger partial charge in [0.2, 0.25) is 9.84 Å². The van der Waals surface area contributed by atoms with Gasteiger partial charge >= 0.3 is 5.97 Å². The third-order valence-electron chi connectivity index (χ3n) is 3.51. The summed E-state index contributed by atoms with van der Waals surface area (Å²) in [5.41, 5.74) is 0.755. The van der Waals surface area contributed by atoms with Crippen molar-refractivity contribution in [2.75, 3.05) is 19.0 Å². The fourth-order valence-electron chi connectivity index (χ4n) is 2.15. The molecule has 0 amide bonds. The van der Waals surface area contributed by atoms with E-state index in [0.717, 1.165) is 6.20 Å². The van der Waals surface area contributed by atoms with Gasteiger partial charge in [0.1, 0.15) is 11.8 Å². The summed E-state index contributed by atoms with van der Waals surface area (Å²) in [6.07, 6.45) is 1.09. The number of methoxy groups -OCH3 is 1. The number of nitrogens with zero attached hydrogens (tertiary/aromatic N) is 1. The van der Waals surface area contributed by atoms with E-state index in [0.29, 0.717) is 17.0 Å². The van der Waals surface area contributed by atoms with Crippen LogP contribution in [-0.2, 0) is 14.6 Å². The Kier molecular flexibility index (Phi) is 6.57. The number of nitriles is 1. The minimum Gasteiger partial charge on any atom is -0.497 e. The molecule has 2 rings (SSSR count). The Hall–Kier alpha value is -3.31. The van der Waals surface area contributed by atoms with Gasteiger partial charge in [-0.3, -0.25) is 0 Å². The summed E-state index contributed by atoms with van der Waals surface area (Å²) in [6.45, 7) is 1.95. The zero-order valence-corrected chi connectivity index (χ0v) is 15.6. The van der Waals surface area contributed by atoms with E-state index in [9.17, 15) is 18.5 Å². The van der Waals surface area contributed by atoms with Gasteiger partial charge in [-0.15, -0.1) is 0 Å². The molecule has 0 fully saturated rings. The largest absolute Gasteiger partial charge is 0.497 e. The third-order valence-corrected chi connectivity index (χ3v) is 5.19. The van der Waals surface area contributed by atoms with Gasteiger partial charge < -0.3 is 14.8 Å². The topological polar surface area (TPSA) is 105 Å². The first-order chi connectivity index (χ1) is 12.9. The molecule has 27 heavy (non-hydrogen) atoms. The molecular weight excluding hydrogens is 368 g/mol. The van der Waals surface area contributed by atoms with Crippen LogP contribution in [0.2, 0.25) is 0 Å².